The monoisotopic (exact) mass is 257 g/mol. The van der Waals surface area contributed by atoms with Gasteiger partial charge < -0.3 is 9.72 Å². The molecule has 3 nitrogen and oxygen atoms in total. The Morgan fingerprint density at radius 3 is 2.84 bits per heavy atom. The summed E-state index contributed by atoms with van der Waals surface area (Å²) in [5, 5.41) is 1.05. The number of rotatable bonds is 4. The molecule has 1 aromatic heterocycles. The third-order valence-electron chi connectivity index (χ3n) is 4.40. The summed E-state index contributed by atoms with van der Waals surface area (Å²) in [6.07, 6.45) is 5.48. The van der Waals surface area contributed by atoms with Crippen molar-refractivity contribution in [1.82, 2.24) is 4.98 Å². The molecule has 3 rings (SSSR count). The summed E-state index contributed by atoms with van der Waals surface area (Å²) in [5.74, 6) is 0.183. The average molecular weight is 257 g/mol. The van der Waals surface area contributed by atoms with Crippen molar-refractivity contribution in [2.24, 2.45) is 0 Å². The summed E-state index contributed by atoms with van der Waals surface area (Å²) in [4.78, 5) is 15.7. The molecule has 0 bridgehead atoms. The number of ether oxygens (including phenoxy) is 1. The zero-order chi connectivity index (χ0) is 13.5. The van der Waals surface area contributed by atoms with Gasteiger partial charge in [-0.05, 0) is 37.8 Å². The first-order valence-corrected chi connectivity index (χ1v) is 6.80. The predicted molar refractivity (Wildman–Crippen MR) is 75.6 cm³/mol. The highest BCUT2D eigenvalue weighted by molar-refractivity contribution is 6.09. The van der Waals surface area contributed by atoms with Gasteiger partial charge in [-0.15, -0.1) is 0 Å². The van der Waals surface area contributed by atoms with Gasteiger partial charge in [-0.3, -0.25) is 4.79 Å². The molecular weight excluding hydrogens is 238 g/mol. The summed E-state index contributed by atoms with van der Waals surface area (Å²) >= 11 is 0. The minimum absolute atomic E-state index is 0.183. The Labute approximate surface area is 113 Å². The molecule has 3 heteroatoms. The van der Waals surface area contributed by atoms with E-state index < -0.39 is 0 Å². The first-order valence-electron chi connectivity index (χ1n) is 6.80. The number of Topliss-reactive ketones (excluding diaryl/α,β-unsaturated/α-hetero) is 1. The number of aromatic nitrogens is 1. The molecule has 1 aliphatic carbocycles. The number of hydrogen-bond donors (Lipinski definition) is 1. The molecule has 0 spiro atoms. The van der Waals surface area contributed by atoms with E-state index in [-0.39, 0.29) is 11.4 Å². The largest absolute Gasteiger partial charge is 0.378 e. The molecule has 100 valence electrons. The van der Waals surface area contributed by atoms with Crippen molar-refractivity contribution in [3.8, 4) is 0 Å². The Balaban J connectivity index is 1.94. The molecule has 0 aliphatic heterocycles. The maximum absolute atomic E-state index is 12.5. The first kappa shape index (κ1) is 12.4. The number of aryl methyl sites for hydroxylation is 1. The van der Waals surface area contributed by atoms with Gasteiger partial charge in [-0.2, -0.15) is 0 Å². The van der Waals surface area contributed by atoms with Crippen molar-refractivity contribution in [3.05, 3.63) is 35.5 Å². The van der Waals surface area contributed by atoms with Gasteiger partial charge in [0.15, 0.2) is 5.78 Å². The normalized spacial score (nSPS) is 17.4. The lowest BCUT2D eigenvalue weighted by molar-refractivity contribution is -0.0704. The molecule has 0 unspecified atom stereocenters. The average Bonchev–Trinajstić information content (AvgIpc) is 2.79. The third-order valence-corrected chi connectivity index (χ3v) is 4.40. The Hall–Kier alpha value is -1.61. The summed E-state index contributed by atoms with van der Waals surface area (Å²) in [6, 6.07) is 6.06. The second kappa shape index (κ2) is 4.49. The number of benzene rings is 1. The lowest BCUT2D eigenvalue weighted by atomic mass is 9.75. The number of carbonyl (C=O) groups excluding carboxylic acids is 1. The van der Waals surface area contributed by atoms with Gasteiger partial charge >= 0.3 is 0 Å². The van der Waals surface area contributed by atoms with Crippen molar-refractivity contribution in [1.29, 1.82) is 0 Å². The number of fused-ring (bicyclic) bond motifs is 1. The van der Waals surface area contributed by atoms with E-state index in [1.807, 2.05) is 31.3 Å². The molecule has 1 N–H and O–H groups in total. The molecule has 1 heterocycles. The van der Waals surface area contributed by atoms with E-state index in [9.17, 15) is 4.79 Å². The molecule has 19 heavy (non-hydrogen) atoms. The number of methoxy groups -OCH3 is 1. The zero-order valence-electron chi connectivity index (χ0n) is 11.5. The fourth-order valence-electron chi connectivity index (χ4n) is 3.00. The van der Waals surface area contributed by atoms with Crippen LogP contribution in [0, 0.1) is 6.92 Å². The Morgan fingerprint density at radius 2 is 2.21 bits per heavy atom. The van der Waals surface area contributed by atoms with Gasteiger partial charge in [-0.25, -0.2) is 0 Å². The lowest BCUT2D eigenvalue weighted by Crippen LogP contribution is -2.41. The second-order valence-corrected chi connectivity index (χ2v) is 5.54. The van der Waals surface area contributed by atoms with Crippen LogP contribution in [0.15, 0.2) is 24.4 Å². The molecular formula is C16H19NO2. The number of H-pyrrole nitrogens is 1. The van der Waals surface area contributed by atoms with Gasteiger partial charge in [-0.1, -0.05) is 12.1 Å². The smallest absolute Gasteiger partial charge is 0.167 e. The van der Waals surface area contributed by atoms with Crippen molar-refractivity contribution in [3.63, 3.8) is 0 Å². The van der Waals surface area contributed by atoms with Crippen LogP contribution in [0.25, 0.3) is 10.9 Å². The van der Waals surface area contributed by atoms with Gasteiger partial charge in [0.2, 0.25) is 0 Å². The molecule has 0 amide bonds. The second-order valence-electron chi connectivity index (χ2n) is 5.54. The maximum atomic E-state index is 12.5. The van der Waals surface area contributed by atoms with Crippen molar-refractivity contribution in [2.45, 2.75) is 38.2 Å². The van der Waals surface area contributed by atoms with E-state index in [0.717, 1.165) is 41.3 Å². The minimum Gasteiger partial charge on any atom is -0.378 e. The predicted octanol–water partition coefficient (Wildman–Crippen LogP) is 3.62. The lowest BCUT2D eigenvalue weighted by Gasteiger charge is -2.40. The van der Waals surface area contributed by atoms with Crippen LogP contribution in [0.1, 0.15) is 41.6 Å². The van der Waals surface area contributed by atoms with E-state index in [0.29, 0.717) is 6.42 Å². The Kier molecular flexibility index (Phi) is 2.94. The minimum atomic E-state index is -0.205. The molecule has 1 aromatic carbocycles. The van der Waals surface area contributed by atoms with Crippen LogP contribution in [0.5, 0.6) is 0 Å². The van der Waals surface area contributed by atoms with Crippen LogP contribution in [0.4, 0.5) is 0 Å². The van der Waals surface area contributed by atoms with Crippen LogP contribution < -0.4 is 0 Å². The fraction of sp³-hybridized carbons (Fsp3) is 0.438. The summed E-state index contributed by atoms with van der Waals surface area (Å²) in [7, 11) is 1.72. The number of aromatic amines is 1. The fourth-order valence-corrected chi connectivity index (χ4v) is 3.00. The van der Waals surface area contributed by atoms with Crippen LogP contribution >= 0.6 is 0 Å². The van der Waals surface area contributed by atoms with E-state index in [2.05, 4.69) is 4.98 Å². The Bertz CT molecular complexity index is 617. The van der Waals surface area contributed by atoms with Gasteiger partial charge in [0.05, 0.1) is 5.60 Å². The number of ketones is 1. The maximum Gasteiger partial charge on any atom is 0.167 e. The van der Waals surface area contributed by atoms with E-state index in [4.69, 9.17) is 4.74 Å². The molecule has 1 aliphatic rings. The van der Waals surface area contributed by atoms with E-state index in [1.165, 1.54) is 0 Å². The topological polar surface area (TPSA) is 42.1 Å². The standard InChI is InChI=1S/C16H19NO2/c1-11-5-3-6-13-15(11)12(10-17-13)14(18)9-16(19-2)7-4-8-16/h3,5-6,10,17H,4,7-9H2,1-2H3. The van der Waals surface area contributed by atoms with Crippen LogP contribution in [-0.2, 0) is 4.74 Å². The van der Waals surface area contributed by atoms with Crippen molar-refractivity contribution < 1.29 is 9.53 Å². The van der Waals surface area contributed by atoms with Crippen molar-refractivity contribution >= 4 is 16.7 Å². The molecule has 1 saturated carbocycles. The molecule has 0 atom stereocenters. The number of hydrogen-bond acceptors (Lipinski definition) is 2. The van der Waals surface area contributed by atoms with Gasteiger partial charge in [0, 0.05) is 36.2 Å². The van der Waals surface area contributed by atoms with E-state index in [1.54, 1.807) is 7.11 Å². The highest BCUT2D eigenvalue weighted by Gasteiger charge is 2.39. The summed E-state index contributed by atoms with van der Waals surface area (Å²) < 4.78 is 5.55. The molecule has 2 aromatic rings. The molecule has 0 saturated heterocycles. The first-order chi connectivity index (χ1) is 9.15. The summed E-state index contributed by atoms with van der Waals surface area (Å²) in [6.45, 7) is 2.04. The summed E-state index contributed by atoms with van der Waals surface area (Å²) in [5.41, 5.74) is 2.77. The number of nitrogens with one attached hydrogen (secondary N) is 1. The highest BCUT2D eigenvalue weighted by atomic mass is 16.5. The highest BCUT2D eigenvalue weighted by Crippen LogP contribution is 2.39. The zero-order valence-corrected chi connectivity index (χ0v) is 11.5. The van der Waals surface area contributed by atoms with Crippen LogP contribution in [0.2, 0.25) is 0 Å². The SMILES string of the molecule is COC1(CC(=O)c2c[nH]c3cccc(C)c23)CCC1. The van der Waals surface area contributed by atoms with Gasteiger partial charge in [0.25, 0.3) is 0 Å². The van der Waals surface area contributed by atoms with Crippen LogP contribution in [0.3, 0.4) is 0 Å². The molecule has 0 radical (unpaired) electrons. The van der Waals surface area contributed by atoms with Crippen LogP contribution in [-0.4, -0.2) is 23.5 Å². The quantitative estimate of drug-likeness (QED) is 0.850. The van der Waals surface area contributed by atoms with E-state index >= 15 is 0 Å². The molecule has 1 fully saturated rings. The van der Waals surface area contributed by atoms with Gasteiger partial charge in [0.1, 0.15) is 0 Å². The third kappa shape index (κ3) is 1.98. The van der Waals surface area contributed by atoms with Crippen molar-refractivity contribution in [2.75, 3.05) is 7.11 Å². The Morgan fingerprint density at radius 1 is 1.42 bits per heavy atom. The number of carbonyl (C=O) groups is 1.